The first kappa shape index (κ1) is 15.1. The molecule has 112 valence electrons. The Kier molecular flexibility index (Phi) is 6.15. The highest BCUT2D eigenvalue weighted by Gasteiger charge is 2.11. The summed E-state index contributed by atoms with van der Waals surface area (Å²) in [5.41, 5.74) is 1.08. The Balaban J connectivity index is 1.75. The van der Waals surface area contributed by atoms with Crippen molar-refractivity contribution in [1.29, 1.82) is 0 Å². The largest absolute Gasteiger partial charge is 0.497 e. The Hall–Kier alpha value is -1.26. The lowest BCUT2D eigenvalue weighted by Gasteiger charge is -2.23. The zero-order valence-corrected chi connectivity index (χ0v) is 12.5. The SMILES string of the molecule is COc1cc(COCC[C@@H]2CCCCN2)cc(OC)c1. The molecule has 0 aromatic heterocycles. The number of hydrogen-bond acceptors (Lipinski definition) is 4. The van der Waals surface area contributed by atoms with Crippen molar-refractivity contribution in [2.24, 2.45) is 0 Å². The third kappa shape index (κ3) is 4.69. The van der Waals surface area contributed by atoms with Gasteiger partial charge in [0.1, 0.15) is 11.5 Å². The van der Waals surface area contributed by atoms with Crippen LogP contribution in [-0.2, 0) is 11.3 Å². The Labute approximate surface area is 121 Å². The quantitative estimate of drug-likeness (QED) is 0.779. The van der Waals surface area contributed by atoms with E-state index in [9.17, 15) is 0 Å². The van der Waals surface area contributed by atoms with Gasteiger partial charge >= 0.3 is 0 Å². The van der Waals surface area contributed by atoms with Gasteiger partial charge in [-0.05, 0) is 43.5 Å². The molecule has 1 atom stereocenters. The average molecular weight is 279 g/mol. The summed E-state index contributed by atoms with van der Waals surface area (Å²) in [6.45, 7) is 2.54. The van der Waals surface area contributed by atoms with Crippen LogP contribution in [0.2, 0.25) is 0 Å². The van der Waals surface area contributed by atoms with E-state index in [2.05, 4.69) is 5.32 Å². The van der Waals surface area contributed by atoms with Gasteiger partial charge < -0.3 is 19.5 Å². The zero-order valence-electron chi connectivity index (χ0n) is 12.5. The summed E-state index contributed by atoms with van der Waals surface area (Å²) in [6.07, 6.45) is 5.00. The van der Waals surface area contributed by atoms with Crippen molar-refractivity contribution in [3.05, 3.63) is 23.8 Å². The van der Waals surface area contributed by atoms with Crippen LogP contribution in [0.1, 0.15) is 31.2 Å². The maximum absolute atomic E-state index is 5.77. The van der Waals surface area contributed by atoms with Crippen LogP contribution in [0.25, 0.3) is 0 Å². The summed E-state index contributed by atoms with van der Waals surface area (Å²) in [7, 11) is 3.32. The minimum absolute atomic E-state index is 0.598. The molecule has 1 aromatic rings. The van der Waals surface area contributed by atoms with E-state index in [1.54, 1.807) is 14.2 Å². The number of methoxy groups -OCH3 is 2. The Bertz CT molecular complexity index is 380. The smallest absolute Gasteiger partial charge is 0.122 e. The van der Waals surface area contributed by atoms with Crippen molar-refractivity contribution in [3.8, 4) is 11.5 Å². The molecule has 0 radical (unpaired) electrons. The molecule has 1 fully saturated rings. The Morgan fingerprint density at radius 3 is 2.45 bits per heavy atom. The first-order chi connectivity index (χ1) is 9.81. The van der Waals surface area contributed by atoms with E-state index in [1.165, 1.54) is 19.3 Å². The standard InChI is InChI=1S/C16H25NO3/c1-18-15-9-13(10-16(11-15)19-2)12-20-8-6-14-5-3-4-7-17-14/h9-11,14,17H,3-8,12H2,1-2H3/t14-/m0/s1. The van der Waals surface area contributed by atoms with Gasteiger partial charge in [0.2, 0.25) is 0 Å². The fourth-order valence-corrected chi connectivity index (χ4v) is 2.54. The number of nitrogens with one attached hydrogen (secondary N) is 1. The van der Waals surface area contributed by atoms with Crippen LogP contribution in [0.5, 0.6) is 11.5 Å². The molecule has 1 aromatic carbocycles. The lowest BCUT2D eigenvalue weighted by atomic mass is 10.0. The van der Waals surface area contributed by atoms with Crippen LogP contribution in [-0.4, -0.2) is 33.4 Å². The van der Waals surface area contributed by atoms with E-state index in [1.807, 2.05) is 18.2 Å². The molecular weight excluding hydrogens is 254 g/mol. The summed E-state index contributed by atoms with van der Waals surface area (Å²) in [6, 6.07) is 6.47. The van der Waals surface area contributed by atoms with Gasteiger partial charge in [0.05, 0.1) is 20.8 Å². The lowest BCUT2D eigenvalue weighted by molar-refractivity contribution is 0.108. The molecule has 0 spiro atoms. The van der Waals surface area contributed by atoms with E-state index in [0.29, 0.717) is 12.6 Å². The molecule has 1 heterocycles. The zero-order chi connectivity index (χ0) is 14.2. The molecule has 1 aliphatic heterocycles. The molecule has 4 nitrogen and oxygen atoms in total. The van der Waals surface area contributed by atoms with Crippen molar-refractivity contribution in [2.45, 2.75) is 38.3 Å². The highest BCUT2D eigenvalue weighted by Crippen LogP contribution is 2.23. The predicted molar refractivity (Wildman–Crippen MR) is 79.5 cm³/mol. The number of hydrogen-bond donors (Lipinski definition) is 1. The minimum Gasteiger partial charge on any atom is -0.497 e. The third-order valence-electron chi connectivity index (χ3n) is 3.70. The van der Waals surface area contributed by atoms with Crippen LogP contribution in [0.3, 0.4) is 0 Å². The van der Waals surface area contributed by atoms with Crippen molar-refractivity contribution >= 4 is 0 Å². The first-order valence-corrected chi connectivity index (χ1v) is 7.35. The summed E-state index contributed by atoms with van der Waals surface area (Å²) < 4.78 is 16.3. The fraction of sp³-hybridized carbons (Fsp3) is 0.625. The number of rotatable bonds is 7. The molecule has 0 unspecified atom stereocenters. The summed E-state index contributed by atoms with van der Waals surface area (Å²) >= 11 is 0. The maximum Gasteiger partial charge on any atom is 0.122 e. The van der Waals surface area contributed by atoms with E-state index in [-0.39, 0.29) is 0 Å². The van der Waals surface area contributed by atoms with Gasteiger partial charge in [-0.25, -0.2) is 0 Å². The topological polar surface area (TPSA) is 39.7 Å². The Morgan fingerprint density at radius 1 is 1.10 bits per heavy atom. The molecule has 0 amide bonds. The van der Waals surface area contributed by atoms with E-state index in [4.69, 9.17) is 14.2 Å². The van der Waals surface area contributed by atoms with Crippen molar-refractivity contribution in [1.82, 2.24) is 5.32 Å². The molecule has 20 heavy (non-hydrogen) atoms. The molecule has 0 aliphatic carbocycles. The molecule has 4 heteroatoms. The van der Waals surface area contributed by atoms with Gasteiger partial charge in [-0.2, -0.15) is 0 Å². The predicted octanol–water partition coefficient (Wildman–Crippen LogP) is 2.75. The highest BCUT2D eigenvalue weighted by molar-refractivity contribution is 5.38. The second-order valence-corrected chi connectivity index (χ2v) is 5.21. The molecule has 0 saturated carbocycles. The third-order valence-corrected chi connectivity index (χ3v) is 3.70. The van der Waals surface area contributed by atoms with Gasteiger partial charge in [0.15, 0.2) is 0 Å². The normalized spacial score (nSPS) is 18.8. The minimum atomic E-state index is 0.598. The summed E-state index contributed by atoms with van der Waals surface area (Å²) in [5, 5.41) is 3.53. The van der Waals surface area contributed by atoms with Crippen LogP contribution < -0.4 is 14.8 Å². The van der Waals surface area contributed by atoms with Crippen LogP contribution in [0, 0.1) is 0 Å². The van der Waals surface area contributed by atoms with Gasteiger partial charge in [0.25, 0.3) is 0 Å². The number of ether oxygens (including phenoxy) is 3. The monoisotopic (exact) mass is 279 g/mol. The molecule has 2 rings (SSSR count). The van der Waals surface area contributed by atoms with Crippen LogP contribution in [0.15, 0.2) is 18.2 Å². The van der Waals surface area contributed by atoms with Gasteiger partial charge in [-0.3, -0.25) is 0 Å². The summed E-state index contributed by atoms with van der Waals surface area (Å²) in [4.78, 5) is 0. The first-order valence-electron chi connectivity index (χ1n) is 7.35. The van der Waals surface area contributed by atoms with Crippen molar-refractivity contribution < 1.29 is 14.2 Å². The highest BCUT2D eigenvalue weighted by atomic mass is 16.5. The molecular formula is C16H25NO3. The number of benzene rings is 1. The van der Waals surface area contributed by atoms with Crippen molar-refractivity contribution in [2.75, 3.05) is 27.4 Å². The summed E-state index contributed by atoms with van der Waals surface area (Å²) in [5.74, 6) is 1.61. The number of piperidine rings is 1. The van der Waals surface area contributed by atoms with E-state index < -0.39 is 0 Å². The van der Waals surface area contributed by atoms with Gasteiger partial charge in [-0.1, -0.05) is 6.42 Å². The lowest BCUT2D eigenvalue weighted by Crippen LogP contribution is -2.34. The van der Waals surface area contributed by atoms with Gasteiger partial charge in [-0.15, -0.1) is 0 Å². The molecule has 1 aliphatic rings. The molecule has 0 bridgehead atoms. The second-order valence-electron chi connectivity index (χ2n) is 5.21. The van der Waals surface area contributed by atoms with Crippen molar-refractivity contribution in [3.63, 3.8) is 0 Å². The average Bonchev–Trinajstić information content (AvgIpc) is 2.52. The van der Waals surface area contributed by atoms with E-state index in [0.717, 1.165) is 36.6 Å². The molecule has 1 saturated heterocycles. The second kappa shape index (κ2) is 8.12. The Morgan fingerprint density at radius 2 is 1.85 bits per heavy atom. The van der Waals surface area contributed by atoms with Gasteiger partial charge in [0, 0.05) is 18.7 Å². The van der Waals surface area contributed by atoms with E-state index >= 15 is 0 Å². The van der Waals surface area contributed by atoms with Crippen LogP contribution >= 0.6 is 0 Å². The maximum atomic E-state index is 5.77. The molecule has 1 N–H and O–H groups in total. The van der Waals surface area contributed by atoms with Crippen LogP contribution in [0.4, 0.5) is 0 Å². The fourth-order valence-electron chi connectivity index (χ4n) is 2.54.